The summed E-state index contributed by atoms with van der Waals surface area (Å²) in [6.45, 7) is 4.82. The first-order valence-corrected chi connectivity index (χ1v) is 11.9. The highest BCUT2D eigenvalue weighted by molar-refractivity contribution is 5.30. The van der Waals surface area contributed by atoms with Crippen LogP contribution in [0.5, 0.6) is 5.75 Å². The van der Waals surface area contributed by atoms with Crippen molar-refractivity contribution in [3.05, 3.63) is 71.5 Å². The number of hydrogen-bond donors (Lipinski definition) is 1. The number of ether oxygens (including phenoxy) is 2. The van der Waals surface area contributed by atoms with Gasteiger partial charge in [0, 0.05) is 27.2 Å². The Morgan fingerprint density at radius 3 is 2.61 bits per heavy atom. The number of likely N-dealkylation sites (tertiary alicyclic amines) is 1. The zero-order chi connectivity index (χ0) is 22.9. The summed E-state index contributed by atoms with van der Waals surface area (Å²) >= 11 is 0. The minimum Gasteiger partial charge on any atom is -0.494 e. The van der Waals surface area contributed by atoms with Crippen molar-refractivity contribution in [3.8, 4) is 5.75 Å². The van der Waals surface area contributed by atoms with Crippen molar-refractivity contribution in [2.75, 3.05) is 38.7 Å². The number of rotatable bonds is 11. The summed E-state index contributed by atoms with van der Waals surface area (Å²) in [5.74, 6) is 2.44. The molecule has 2 aromatic carbocycles. The van der Waals surface area contributed by atoms with Crippen LogP contribution in [-0.4, -0.2) is 53.0 Å². The van der Waals surface area contributed by atoms with E-state index < -0.39 is 0 Å². The molecule has 4 rings (SSSR count). The van der Waals surface area contributed by atoms with Gasteiger partial charge in [-0.2, -0.15) is 0 Å². The summed E-state index contributed by atoms with van der Waals surface area (Å²) < 4.78 is 13.6. The molecule has 0 radical (unpaired) electrons. The fraction of sp³-hybridized carbons (Fsp3) is 0.462. The molecule has 1 saturated heterocycles. The molecule has 1 atom stereocenters. The van der Waals surface area contributed by atoms with Crippen LogP contribution in [0.2, 0.25) is 0 Å². The molecule has 1 fully saturated rings. The molecule has 0 saturated carbocycles. The van der Waals surface area contributed by atoms with Crippen molar-refractivity contribution in [2.45, 2.75) is 38.3 Å². The van der Waals surface area contributed by atoms with E-state index in [2.05, 4.69) is 38.6 Å². The third kappa shape index (κ3) is 6.33. The van der Waals surface area contributed by atoms with Crippen LogP contribution in [0.1, 0.15) is 48.7 Å². The lowest BCUT2D eigenvalue weighted by atomic mass is 10.1. The van der Waals surface area contributed by atoms with Crippen molar-refractivity contribution < 1.29 is 9.47 Å². The number of methoxy groups -OCH3 is 1. The molecule has 1 aliphatic heterocycles. The molecule has 0 spiro atoms. The van der Waals surface area contributed by atoms with E-state index in [-0.39, 0.29) is 6.10 Å². The van der Waals surface area contributed by atoms with Crippen LogP contribution in [0.3, 0.4) is 0 Å². The van der Waals surface area contributed by atoms with Crippen molar-refractivity contribution in [2.24, 2.45) is 7.05 Å². The zero-order valence-electron chi connectivity index (χ0n) is 19.7. The Labute approximate surface area is 196 Å². The lowest BCUT2D eigenvalue weighted by Gasteiger charge is -2.26. The van der Waals surface area contributed by atoms with Gasteiger partial charge in [0.05, 0.1) is 6.61 Å². The van der Waals surface area contributed by atoms with Crippen LogP contribution in [-0.2, 0) is 18.3 Å². The summed E-state index contributed by atoms with van der Waals surface area (Å²) in [4.78, 5) is 2.54. The second-order valence-corrected chi connectivity index (χ2v) is 8.58. The van der Waals surface area contributed by atoms with Crippen molar-refractivity contribution in [1.82, 2.24) is 19.7 Å². The first-order valence-electron chi connectivity index (χ1n) is 11.9. The van der Waals surface area contributed by atoms with Crippen LogP contribution in [0.15, 0.2) is 54.6 Å². The van der Waals surface area contributed by atoms with Gasteiger partial charge in [-0.3, -0.25) is 9.47 Å². The summed E-state index contributed by atoms with van der Waals surface area (Å²) in [6, 6.07) is 18.6. The lowest BCUT2D eigenvalue weighted by molar-refractivity contribution is 0.126. The van der Waals surface area contributed by atoms with Crippen LogP contribution < -0.4 is 10.1 Å². The molecule has 2 heterocycles. The highest BCUT2D eigenvalue weighted by atomic mass is 16.5. The summed E-state index contributed by atoms with van der Waals surface area (Å²) in [5.41, 5.74) is 2.38. The molecular weight excluding hydrogens is 414 g/mol. The molecule has 0 bridgehead atoms. The number of aromatic nitrogens is 3. The van der Waals surface area contributed by atoms with E-state index >= 15 is 0 Å². The summed E-state index contributed by atoms with van der Waals surface area (Å²) in [6.07, 6.45) is 4.61. The van der Waals surface area contributed by atoms with Gasteiger partial charge in [-0.05, 0) is 55.6 Å². The largest absolute Gasteiger partial charge is 0.494 e. The van der Waals surface area contributed by atoms with E-state index in [1.807, 2.05) is 48.0 Å². The Bertz CT molecular complexity index is 985. The number of piperidine rings is 1. The molecule has 1 aliphatic rings. The molecule has 33 heavy (non-hydrogen) atoms. The average molecular weight is 450 g/mol. The van der Waals surface area contributed by atoms with E-state index in [9.17, 15) is 0 Å². The Balaban J connectivity index is 1.23. The van der Waals surface area contributed by atoms with E-state index in [0.29, 0.717) is 6.61 Å². The standard InChI is InChI=1S/C26H35N5O2/c1-30-25(24(32-2)22-12-5-3-6-13-22)28-29-26(30)27-15-10-18-33-23-14-9-11-21(19-23)20-31-16-7-4-8-17-31/h3,5-6,9,11-14,19,24H,4,7-8,10,15-18,20H2,1-2H3,(H,27,29). The molecule has 1 N–H and O–H groups in total. The van der Waals surface area contributed by atoms with Crippen molar-refractivity contribution in [1.29, 1.82) is 0 Å². The Hall–Kier alpha value is -2.90. The Morgan fingerprint density at radius 1 is 1.00 bits per heavy atom. The fourth-order valence-corrected chi connectivity index (χ4v) is 4.31. The third-order valence-electron chi connectivity index (χ3n) is 6.11. The number of nitrogens with zero attached hydrogens (tertiary/aromatic N) is 4. The van der Waals surface area contributed by atoms with Gasteiger partial charge in [-0.1, -0.05) is 48.9 Å². The SMILES string of the molecule is COC(c1ccccc1)c1nnc(NCCCOc2cccc(CN3CCCCC3)c2)n1C. The molecule has 0 aliphatic carbocycles. The lowest BCUT2D eigenvalue weighted by Crippen LogP contribution is -2.29. The van der Waals surface area contributed by atoms with Gasteiger partial charge < -0.3 is 14.8 Å². The molecule has 7 heteroatoms. The predicted molar refractivity (Wildman–Crippen MR) is 130 cm³/mol. The maximum Gasteiger partial charge on any atom is 0.224 e. The molecule has 3 aromatic rings. The first-order chi connectivity index (χ1) is 16.2. The van der Waals surface area contributed by atoms with Crippen molar-refractivity contribution >= 4 is 5.95 Å². The smallest absolute Gasteiger partial charge is 0.224 e. The number of benzene rings is 2. The molecule has 1 aromatic heterocycles. The number of hydrogen-bond acceptors (Lipinski definition) is 6. The minimum atomic E-state index is -0.250. The van der Waals surface area contributed by atoms with E-state index in [1.165, 1.54) is 37.9 Å². The molecule has 176 valence electrons. The predicted octanol–water partition coefficient (Wildman–Crippen LogP) is 4.42. The third-order valence-corrected chi connectivity index (χ3v) is 6.11. The topological polar surface area (TPSA) is 64.4 Å². The van der Waals surface area contributed by atoms with Gasteiger partial charge in [0.2, 0.25) is 5.95 Å². The van der Waals surface area contributed by atoms with Gasteiger partial charge in [-0.15, -0.1) is 10.2 Å². The van der Waals surface area contributed by atoms with Crippen LogP contribution in [0.4, 0.5) is 5.95 Å². The van der Waals surface area contributed by atoms with Crippen LogP contribution in [0.25, 0.3) is 0 Å². The molecule has 0 amide bonds. The van der Waals surface area contributed by atoms with Gasteiger partial charge in [0.1, 0.15) is 11.9 Å². The Kier molecular flexibility index (Phi) is 8.33. The number of anilines is 1. The van der Waals surface area contributed by atoms with Crippen LogP contribution >= 0.6 is 0 Å². The second-order valence-electron chi connectivity index (χ2n) is 8.58. The van der Waals surface area contributed by atoms with Gasteiger partial charge >= 0.3 is 0 Å². The molecular formula is C26H35N5O2. The Morgan fingerprint density at radius 2 is 1.82 bits per heavy atom. The second kappa shape index (κ2) is 11.8. The van der Waals surface area contributed by atoms with E-state index in [0.717, 1.165) is 42.6 Å². The van der Waals surface area contributed by atoms with Crippen molar-refractivity contribution in [3.63, 3.8) is 0 Å². The number of nitrogens with one attached hydrogen (secondary N) is 1. The van der Waals surface area contributed by atoms with E-state index in [4.69, 9.17) is 9.47 Å². The normalized spacial score (nSPS) is 15.3. The summed E-state index contributed by atoms with van der Waals surface area (Å²) in [5, 5.41) is 12.0. The monoisotopic (exact) mass is 449 g/mol. The van der Waals surface area contributed by atoms with Crippen LogP contribution in [0, 0.1) is 0 Å². The molecule has 1 unspecified atom stereocenters. The fourth-order valence-electron chi connectivity index (χ4n) is 4.31. The highest BCUT2D eigenvalue weighted by Crippen LogP contribution is 2.24. The van der Waals surface area contributed by atoms with E-state index in [1.54, 1.807) is 7.11 Å². The average Bonchev–Trinajstić information content (AvgIpc) is 3.21. The molecule has 7 nitrogen and oxygen atoms in total. The first kappa shape index (κ1) is 23.3. The van der Waals surface area contributed by atoms with Gasteiger partial charge in [0.15, 0.2) is 5.82 Å². The summed E-state index contributed by atoms with van der Waals surface area (Å²) in [7, 11) is 3.65. The van der Waals surface area contributed by atoms with Gasteiger partial charge in [0.25, 0.3) is 0 Å². The highest BCUT2D eigenvalue weighted by Gasteiger charge is 2.20. The quantitative estimate of drug-likeness (QED) is 0.437. The maximum atomic E-state index is 6.00. The minimum absolute atomic E-state index is 0.250. The zero-order valence-corrected chi connectivity index (χ0v) is 19.7. The maximum absolute atomic E-state index is 6.00. The van der Waals surface area contributed by atoms with Gasteiger partial charge in [-0.25, -0.2) is 0 Å².